The molecule has 2 aromatic carbocycles. The van der Waals surface area contributed by atoms with Crippen molar-refractivity contribution in [3.8, 4) is 23.0 Å². The highest BCUT2D eigenvalue weighted by atomic mass is 35.5. The van der Waals surface area contributed by atoms with Crippen LogP contribution in [0.5, 0.6) is 23.0 Å². The summed E-state index contributed by atoms with van der Waals surface area (Å²) in [6.07, 6.45) is -2.40. The number of aromatic nitrogens is 1. The van der Waals surface area contributed by atoms with Gasteiger partial charge in [0.1, 0.15) is 32.5 Å². The minimum Gasteiger partial charge on any atom is -0.506 e. The summed E-state index contributed by atoms with van der Waals surface area (Å²) in [5, 5.41) is 13.6. The topological polar surface area (TPSA) is 100 Å². The average molecular weight is 644 g/mol. The van der Waals surface area contributed by atoms with Crippen LogP contribution in [0.1, 0.15) is 31.8 Å². The number of hydrogen-bond acceptors (Lipinski definition) is 8. The van der Waals surface area contributed by atoms with Gasteiger partial charge in [0.2, 0.25) is 0 Å². The first kappa shape index (κ1) is 31.1. The summed E-state index contributed by atoms with van der Waals surface area (Å²) in [6, 6.07) is 11.5. The number of methoxy groups -OCH3 is 2. The van der Waals surface area contributed by atoms with Gasteiger partial charge >= 0.3 is 12.3 Å². The van der Waals surface area contributed by atoms with Crippen molar-refractivity contribution in [1.82, 2.24) is 0 Å². The van der Waals surface area contributed by atoms with E-state index >= 15 is 0 Å². The number of esters is 1. The number of thiophene rings is 1. The van der Waals surface area contributed by atoms with E-state index in [4.69, 9.17) is 37.4 Å². The SMILES string of the molecule is COc1ccc([C@H](Cc2c(Cl)c[nH+]cc2Cl)OC(=O)c2ccc(CNc3cc(OC(F)(F)F)ccc3O)s2)cc1OC. The van der Waals surface area contributed by atoms with Crippen LogP contribution in [-0.2, 0) is 17.7 Å². The van der Waals surface area contributed by atoms with Crippen molar-refractivity contribution in [2.75, 3.05) is 19.5 Å². The molecule has 0 aliphatic carbocycles. The first-order valence-electron chi connectivity index (χ1n) is 12.2. The highest BCUT2D eigenvalue weighted by molar-refractivity contribution is 7.13. The standard InChI is InChI=1S/C28H23Cl2F3N2O6S/c1-38-23-7-3-15(9-25(23)39-2)24(11-18-19(29)13-34-14-20(18)30)40-27(37)26-8-5-17(42-26)12-35-21-10-16(4-6-22(21)36)41-28(31,32)33/h3-10,13-14,24,35-36H,11-12H2,1-2H3/p+1/t24-/m0/s1. The number of halogens is 5. The quantitative estimate of drug-likeness (QED) is 0.131. The minimum absolute atomic E-state index is 0.0247. The average Bonchev–Trinajstić information content (AvgIpc) is 3.43. The van der Waals surface area contributed by atoms with Crippen LogP contribution in [0.3, 0.4) is 0 Å². The molecular weight excluding hydrogens is 620 g/mol. The highest BCUT2D eigenvalue weighted by Crippen LogP contribution is 2.36. The normalized spacial score (nSPS) is 12.0. The fourth-order valence-corrected chi connectivity index (χ4v) is 5.31. The summed E-state index contributed by atoms with van der Waals surface area (Å²) < 4.78 is 58.2. The molecule has 1 atom stereocenters. The number of benzene rings is 2. The Morgan fingerprint density at radius 2 is 1.74 bits per heavy atom. The van der Waals surface area contributed by atoms with Crippen LogP contribution in [0.25, 0.3) is 0 Å². The molecule has 0 radical (unpaired) electrons. The maximum absolute atomic E-state index is 13.3. The van der Waals surface area contributed by atoms with Gasteiger partial charge in [-0.25, -0.2) is 9.78 Å². The largest absolute Gasteiger partial charge is 0.573 e. The van der Waals surface area contributed by atoms with E-state index < -0.39 is 24.2 Å². The Hall–Kier alpha value is -3.87. The lowest BCUT2D eigenvalue weighted by atomic mass is 10.0. The van der Waals surface area contributed by atoms with Gasteiger partial charge in [0.05, 0.1) is 19.9 Å². The second-order valence-corrected chi connectivity index (χ2v) is 10.7. The number of carbonyl (C=O) groups excluding carboxylic acids is 1. The zero-order chi connectivity index (χ0) is 30.4. The number of ether oxygens (including phenoxy) is 4. The lowest BCUT2D eigenvalue weighted by Crippen LogP contribution is -2.17. The van der Waals surface area contributed by atoms with Gasteiger partial charge < -0.3 is 29.4 Å². The van der Waals surface area contributed by atoms with E-state index in [0.717, 1.165) is 29.5 Å². The Bertz CT molecular complexity index is 1550. The molecule has 0 unspecified atom stereocenters. The molecule has 2 aromatic heterocycles. The van der Waals surface area contributed by atoms with Crippen molar-refractivity contribution in [2.45, 2.75) is 25.4 Å². The molecule has 42 heavy (non-hydrogen) atoms. The molecule has 3 N–H and O–H groups in total. The van der Waals surface area contributed by atoms with E-state index in [1.807, 2.05) is 0 Å². The third-order valence-electron chi connectivity index (χ3n) is 5.93. The number of aromatic amines is 1. The lowest BCUT2D eigenvalue weighted by molar-refractivity contribution is -0.377. The van der Waals surface area contributed by atoms with Gasteiger partial charge in [-0.1, -0.05) is 29.3 Å². The predicted octanol–water partition coefficient (Wildman–Crippen LogP) is 7.24. The summed E-state index contributed by atoms with van der Waals surface area (Å²) in [4.78, 5) is 17.0. The number of pyridine rings is 1. The molecule has 0 fully saturated rings. The molecule has 0 aliphatic heterocycles. The van der Waals surface area contributed by atoms with Crippen molar-refractivity contribution in [3.05, 3.63) is 91.9 Å². The Morgan fingerprint density at radius 1 is 1.02 bits per heavy atom. The third kappa shape index (κ3) is 7.90. The van der Waals surface area contributed by atoms with Crippen LogP contribution in [0.4, 0.5) is 18.9 Å². The number of alkyl halides is 3. The van der Waals surface area contributed by atoms with E-state index in [9.17, 15) is 23.1 Å². The van der Waals surface area contributed by atoms with Crippen LogP contribution in [0, 0.1) is 0 Å². The lowest BCUT2D eigenvalue weighted by Gasteiger charge is -2.20. The summed E-state index contributed by atoms with van der Waals surface area (Å²) >= 11 is 13.9. The molecule has 4 aromatic rings. The van der Waals surface area contributed by atoms with Gasteiger partial charge in [-0.3, -0.25) is 0 Å². The van der Waals surface area contributed by atoms with Gasteiger partial charge in [0.15, 0.2) is 23.9 Å². The first-order valence-corrected chi connectivity index (χ1v) is 13.7. The second kappa shape index (κ2) is 13.4. The number of phenols is 1. The van der Waals surface area contributed by atoms with Crippen LogP contribution in [0.15, 0.2) is 60.9 Å². The molecule has 2 heterocycles. The molecule has 14 heteroatoms. The molecule has 4 rings (SSSR count). The minimum atomic E-state index is -4.87. The number of anilines is 1. The maximum atomic E-state index is 13.3. The molecule has 0 amide bonds. The number of H-pyrrole nitrogens is 1. The highest BCUT2D eigenvalue weighted by Gasteiger charge is 2.31. The number of aromatic hydroxyl groups is 1. The number of phenolic OH excluding ortho intramolecular Hbond substituents is 1. The molecular formula is C28H24Cl2F3N2O6S+. The van der Waals surface area contributed by atoms with Crippen molar-refractivity contribution in [2.24, 2.45) is 0 Å². The van der Waals surface area contributed by atoms with Crippen LogP contribution in [0.2, 0.25) is 10.0 Å². The van der Waals surface area contributed by atoms with Gasteiger partial charge in [-0.15, -0.1) is 24.5 Å². The van der Waals surface area contributed by atoms with Gasteiger partial charge in [0, 0.05) is 29.5 Å². The molecule has 0 aliphatic rings. The summed E-state index contributed by atoms with van der Waals surface area (Å²) in [6.45, 7) is 0.103. The van der Waals surface area contributed by atoms with Crippen molar-refractivity contribution < 1.29 is 47.0 Å². The zero-order valence-corrected chi connectivity index (χ0v) is 24.4. The predicted molar refractivity (Wildman–Crippen MR) is 151 cm³/mol. The number of nitrogens with one attached hydrogen (secondary N) is 2. The van der Waals surface area contributed by atoms with E-state index in [1.54, 1.807) is 42.7 Å². The Balaban J connectivity index is 1.52. The molecule has 0 saturated carbocycles. The van der Waals surface area contributed by atoms with Gasteiger partial charge in [-0.05, 0) is 42.0 Å². The van der Waals surface area contributed by atoms with Gasteiger partial charge in [0.25, 0.3) is 0 Å². The fraction of sp³-hybridized carbons (Fsp3) is 0.214. The Morgan fingerprint density at radius 3 is 2.40 bits per heavy atom. The molecule has 8 nitrogen and oxygen atoms in total. The fourth-order valence-electron chi connectivity index (χ4n) is 3.94. The van der Waals surface area contributed by atoms with Crippen molar-refractivity contribution in [3.63, 3.8) is 0 Å². The molecule has 222 valence electrons. The second-order valence-electron chi connectivity index (χ2n) is 8.69. The van der Waals surface area contributed by atoms with E-state index in [1.165, 1.54) is 14.2 Å². The number of rotatable bonds is 11. The number of hydrogen-bond donors (Lipinski definition) is 2. The Kier molecular flexibility index (Phi) is 9.92. The van der Waals surface area contributed by atoms with E-state index in [2.05, 4.69) is 15.0 Å². The van der Waals surface area contributed by atoms with Gasteiger partial charge in [-0.2, -0.15) is 0 Å². The summed E-state index contributed by atoms with van der Waals surface area (Å²) in [5.74, 6) is -0.449. The molecule has 0 saturated heterocycles. The summed E-state index contributed by atoms with van der Waals surface area (Å²) in [7, 11) is 3.00. The van der Waals surface area contributed by atoms with E-state index in [0.29, 0.717) is 37.5 Å². The number of carbonyl (C=O) groups is 1. The third-order valence-corrected chi connectivity index (χ3v) is 7.67. The van der Waals surface area contributed by atoms with Crippen molar-refractivity contribution in [1.29, 1.82) is 0 Å². The van der Waals surface area contributed by atoms with Crippen molar-refractivity contribution >= 4 is 46.2 Å². The first-order chi connectivity index (χ1) is 20.0. The molecule has 0 bridgehead atoms. The van der Waals surface area contributed by atoms with Crippen LogP contribution < -0.4 is 24.5 Å². The Labute approximate surface area is 252 Å². The molecule has 0 spiro atoms. The zero-order valence-electron chi connectivity index (χ0n) is 22.1. The smallest absolute Gasteiger partial charge is 0.506 e. The van der Waals surface area contributed by atoms with Crippen LogP contribution >= 0.6 is 34.5 Å². The maximum Gasteiger partial charge on any atom is 0.573 e. The summed E-state index contributed by atoms with van der Waals surface area (Å²) in [5.41, 5.74) is 1.20. The van der Waals surface area contributed by atoms with E-state index in [-0.39, 0.29) is 29.3 Å². The van der Waals surface area contributed by atoms with Crippen LogP contribution in [-0.4, -0.2) is 31.7 Å². The monoisotopic (exact) mass is 643 g/mol.